The van der Waals surface area contributed by atoms with Gasteiger partial charge in [0, 0.05) is 31.0 Å². The summed E-state index contributed by atoms with van der Waals surface area (Å²) in [4.78, 5) is 33.4. The molecule has 0 aromatic carbocycles. The fraction of sp³-hybridized carbons (Fsp3) is 0.853. The maximum Gasteiger partial charge on any atom is 0.436 e. The summed E-state index contributed by atoms with van der Waals surface area (Å²) in [6, 6.07) is 0.803. The van der Waals surface area contributed by atoms with Crippen LogP contribution in [0.5, 0.6) is 0 Å². The minimum Gasteiger partial charge on any atom is -0.314 e. The second-order valence-electron chi connectivity index (χ2n) is 15.1. The van der Waals surface area contributed by atoms with Gasteiger partial charge in [-0.05, 0) is 125 Å². The maximum absolute atomic E-state index is 13.4. The molecule has 6 rings (SSSR count). The molecule has 4 saturated carbocycles. The van der Waals surface area contributed by atoms with Crippen molar-refractivity contribution < 1.29 is 14.4 Å². The third-order valence-electron chi connectivity index (χ3n) is 12.9. The smallest absolute Gasteiger partial charge is 0.314 e. The van der Waals surface area contributed by atoms with Gasteiger partial charge in [-0.25, -0.2) is 4.79 Å². The summed E-state index contributed by atoms with van der Waals surface area (Å²) in [5.74, 6) is 3.57. The molecule has 2 unspecified atom stereocenters. The molecule has 1 heterocycles. The minimum atomic E-state index is -0.243. The van der Waals surface area contributed by atoms with Crippen LogP contribution in [-0.2, 0) is 9.63 Å². The lowest BCUT2D eigenvalue weighted by Gasteiger charge is -2.58. The van der Waals surface area contributed by atoms with E-state index < -0.39 is 0 Å². The van der Waals surface area contributed by atoms with Crippen molar-refractivity contribution in [3.05, 3.63) is 11.6 Å². The van der Waals surface area contributed by atoms with E-state index in [4.69, 9.17) is 4.84 Å². The first kappa shape index (κ1) is 28.4. The van der Waals surface area contributed by atoms with Crippen molar-refractivity contribution in [2.45, 2.75) is 130 Å². The molecule has 8 atom stereocenters. The van der Waals surface area contributed by atoms with E-state index in [1.165, 1.54) is 50.5 Å². The number of nitrogens with zero attached hydrogens (tertiary/aromatic N) is 2. The largest absolute Gasteiger partial charge is 0.436 e. The molecular weight excluding hydrogens is 498 g/mol. The minimum absolute atomic E-state index is 0.213. The van der Waals surface area contributed by atoms with Gasteiger partial charge in [0.25, 0.3) is 0 Å². The van der Waals surface area contributed by atoms with E-state index in [1.807, 2.05) is 11.0 Å². The lowest BCUT2D eigenvalue weighted by molar-refractivity contribution is -0.117. The monoisotopic (exact) mass is 551 g/mol. The molecule has 1 saturated heterocycles. The number of carbonyl (C=O) groups excluding carboxylic acids is 2. The molecule has 0 spiro atoms. The second-order valence-corrected chi connectivity index (χ2v) is 15.1. The Morgan fingerprint density at radius 1 is 1.07 bits per heavy atom. The molecule has 0 aromatic heterocycles. The molecule has 1 aliphatic heterocycles. The molecule has 0 bridgehead atoms. The first-order valence-corrected chi connectivity index (χ1v) is 16.7. The van der Waals surface area contributed by atoms with Crippen LogP contribution in [0.1, 0.15) is 118 Å². The van der Waals surface area contributed by atoms with E-state index in [-0.39, 0.29) is 16.9 Å². The highest BCUT2D eigenvalue weighted by atomic mass is 16.7. The van der Waals surface area contributed by atoms with Gasteiger partial charge in [0.1, 0.15) is 0 Å². The Morgan fingerprint density at radius 2 is 1.88 bits per heavy atom. The Morgan fingerprint density at radius 3 is 2.62 bits per heavy atom. The lowest BCUT2D eigenvalue weighted by atomic mass is 9.46. The Balaban J connectivity index is 1.11. The predicted octanol–water partition coefficient (Wildman–Crippen LogP) is 7.28. The summed E-state index contributed by atoms with van der Waals surface area (Å²) >= 11 is 0. The van der Waals surface area contributed by atoms with Crippen LogP contribution in [0.15, 0.2) is 16.8 Å². The van der Waals surface area contributed by atoms with E-state index in [1.54, 1.807) is 0 Å². The zero-order valence-corrected chi connectivity index (χ0v) is 25.6. The summed E-state index contributed by atoms with van der Waals surface area (Å²) in [6.07, 6.45) is 17.5. The first-order chi connectivity index (χ1) is 19.2. The predicted molar refractivity (Wildman–Crippen MR) is 159 cm³/mol. The number of allylic oxidation sites excluding steroid dienone is 1. The summed E-state index contributed by atoms with van der Waals surface area (Å²) in [7, 11) is 0. The topological polar surface area (TPSA) is 71.0 Å². The maximum atomic E-state index is 13.4. The standard InChI is InChI=1S/C34H53N3O3/c1-22-19-25(35-21-22)15-18-37(26-7-5-6-8-26)32(39)40-36-23(2)29-11-12-30-28-10-9-24-20-27(38)13-16-33(24,3)31(28)14-17-34(29,30)4/h20,22,25-26,28-31,35H,5-19,21H2,1-4H3/b36-23+/t22?,25?,28-,29+,30-,31-,33-,34+/m0/s1. The van der Waals surface area contributed by atoms with Gasteiger partial charge in [0.05, 0.1) is 5.71 Å². The normalized spacial score (nSPS) is 41.8. The molecule has 1 N–H and O–H groups in total. The fourth-order valence-corrected chi connectivity index (χ4v) is 10.6. The molecule has 6 nitrogen and oxygen atoms in total. The van der Waals surface area contributed by atoms with Gasteiger partial charge in [-0.2, -0.15) is 0 Å². The van der Waals surface area contributed by atoms with Crippen molar-refractivity contribution in [3.8, 4) is 0 Å². The molecular formula is C34H53N3O3. The number of carbonyl (C=O) groups is 2. The Kier molecular flexibility index (Phi) is 7.95. The van der Waals surface area contributed by atoms with Crippen LogP contribution in [0.3, 0.4) is 0 Å². The molecule has 222 valence electrons. The summed E-state index contributed by atoms with van der Waals surface area (Å²) in [5.41, 5.74) is 2.89. The zero-order chi connectivity index (χ0) is 28.1. The summed E-state index contributed by atoms with van der Waals surface area (Å²) < 4.78 is 0. The number of amides is 1. The van der Waals surface area contributed by atoms with E-state index in [9.17, 15) is 9.59 Å². The number of rotatable bonds is 6. The molecule has 1 amide bonds. The van der Waals surface area contributed by atoms with Crippen molar-refractivity contribution in [2.75, 3.05) is 13.1 Å². The molecule has 40 heavy (non-hydrogen) atoms. The van der Waals surface area contributed by atoms with Crippen LogP contribution < -0.4 is 5.32 Å². The summed E-state index contributed by atoms with van der Waals surface area (Å²) in [5, 5.41) is 8.21. The Hall–Kier alpha value is -1.69. The van der Waals surface area contributed by atoms with Crippen LogP contribution in [-0.4, -0.2) is 47.7 Å². The van der Waals surface area contributed by atoms with E-state index in [2.05, 4.69) is 38.2 Å². The number of oxime groups is 1. The molecule has 0 radical (unpaired) electrons. The fourth-order valence-electron chi connectivity index (χ4n) is 10.6. The number of nitrogens with one attached hydrogen (secondary N) is 1. The van der Waals surface area contributed by atoms with Crippen molar-refractivity contribution >= 4 is 17.6 Å². The third kappa shape index (κ3) is 5.09. The SMILES string of the molecule is C/C(=N\OC(=O)N(CCC1CC(C)CN1)C1CCCC1)[C@H]1CC[C@H]2[C@@H]3CCC4=CC(=O)CC[C@]4(C)[C@H]3CC[C@]12C. The number of ketones is 1. The first-order valence-electron chi connectivity index (χ1n) is 16.7. The van der Waals surface area contributed by atoms with Gasteiger partial charge in [0.15, 0.2) is 5.78 Å². The van der Waals surface area contributed by atoms with Crippen LogP contribution in [0.4, 0.5) is 4.79 Å². The van der Waals surface area contributed by atoms with Crippen molar-refractivity contribution in [2.24, 2.45) is 45.6 Å². The van der Waals surface area contributed by atoms with Gasteiger partial charge < -0.3 is 10.2 Å². The van der Waals surface area contributed by atoms with E-state index >= 15 is 0 Å². The van der Waals surface area contributed by atoms with Crippen molar-refractivity contribution in [1.82, 2.24) is 10.2 Å². The lowest BCUT2D eigenvalue weighted by Crippen LogP contribution is -2.51. The molecule has 5 aliphatic carbocycles. The molecule has 6 heteroatoms. The summed E-state index contributed by atoms with van der Waals surface area (Å²) in [6.45, 7) is 11.2. The highest BCUT2D eigenvalue weighted by Crippen LogP contribution is 2.66. The highest BCUT2D eigenvalue weighted by molar-refractivity contribution is 5.91. The quantitative estimate of drug-likeness (QED) is 0.214. The van der Waals surface area contributed by atoms with Gasteiger partial charge in [0.2, 0.25) is 0 Å². The third-order valence-corrected chi connectivity index (χ3v) is 12.9. The number of hydrogen-bond donors (Lipinski definition) is 1. The van der Waals surface area contributed by atoms with Crippen LogP contribution in [0.25, 0.3) is 0 Å². The van der Waals surface area contributed by atoms with Gasteiger partial charge in [-0.15, -0.1) is 0 Å². The molecule has 0 aromatic rings. The van der Waals surface area contributed by atoms with Gasteiger partial charge >= 0.3 is 6.09 Å². The van der Waals surface area contributed by atoms with Crippen molar-refractivity contribution in [1.29, 1.82) is 0 Å². The van der Waals surface area contributed by atoms with Gasteiger partial charge in [-0.1, -0.05) is 44.3 Å². The Bertz CT molecular complexity index is 1050. The molecule has 6 aliphatic rings. The number of hydrogen-bond acceptors (Lipinski definition) is 5. The number of fused-ring (bicyclic) bond motifs is 5. The van der Waals surface area contributed by atoms with Gasteiger partial charge in [-0.3, -0.25) is 9.63 Å². The zero-order valence-electron chi connectivity index (χ0n) is 25.6. The highest BCUT2D eigenvalue weighted by Gasteiger charge is 2.59. The molecule has 5 fully saturated rings. The Labute approximate surface area is 242 Å². The van der Waals surface area contributed by atoms with Crippen LogP contribution >= 0.6 is 0 Å². The van der Waals surface area contributed by atoms with E-state index in [0.717, 1.165) is 75.6 Å². The van der Waals surface area contributed by atoms with Crippen molar-refractivity contribution in [3.63, 3.8) is 0 Å². The van der Waals surface area contributed by atoms with Crippen LogP contribution in [0.2, 0.25) is 0 Å². The van der Waals surface area contributed by atoms with Crippen LogP contribution in [0, 0.1) is 40.4 Å². The van der Waals surface area contributed by atoms with E-state index in [0.29, 0.717) is 35.6 Å². The second kappa shape index (κ2) is 11.2. The average molecular weight is 552 g/mol. The average Bonchev–Trinajstić information content (AvgIpc) is 3.68.